The lowest BCUT2D eigenvalue weighted by atomic mass is 9.88. The van der Waals surface area contributed by atoms with Crippen LogP contribution in [0.2, 0.25) is 0 Å². The first-order valence-electron chi connectivity index (χ1n) is 10.6. The van der Waals surface area contributed by atoms with Gasteiger partial charge in [-0.15, -0.1) is 0 Å². The molecular weight excluding hydrogens is 419 g/mol. The molecule has 1 spiro atoms. The van der Waals surface area contributed by atoms with Gasteiger partial charge in [-0.25, -0.2) is 0 Å². The van der Waals surface area contributed by atoms with E-state index in [0.717, 1.165) is 37.0 Å². The summed E-state index contributed by atoms with van der Waals surface area (Å²) in [6, 6.07) is 11.9. The quantitative estimate of drug-likeness (QED) is 0.727. The van der Waals surface area contributed by atoms with Crippen molar-refractivity contribution in [1.82, 2.24) is 4.90 Å². The van der Waals surface area contributed by atoms with E-state index in [0.29, 0.717) is 24.1 Å². The summed E-state index contributed by atoms with van der Waals surface area (Å²) < 4.78 is 38.9. The van der Waals surface area contributed by atoms with Gasteiger partial charge in [-0.2, -0.15) is 13.2 Å². The summed E-state index contributed by atoms with van der Waals surface area (Å²) in [5.41, 5.74) is 0.505. The number of halogens is 3. The second kappa shape index (κ2) is 8.41. The summed E-state index contributed by atoms with van der Waals surface area (Å²) in [6.45, 7) is 1.68. The Morgan fingerprint density at radius 2 is 1.78 bits per heavy atom. The first-order valence-corrected chi connectivity index (χ1v) is 10.6. The van der Waals surface area contributed by atoms with Gasteiger partial charge in [0, 0.05) is 11.3 Å². The third-order valence-electron chi connectivity index (χ3n) is 6.02. The van der Waals surface area contributed by atoms with Crippen molar-refractivity contribution in [3.05, 3.63) is 65.2 Å². The number of carbonyl (C=O) groups excluding carboxylic acids is 2. The Morgan fingerprint density at radius 1 is 1.09 bits per heavy atom. The Labute approximate surface area is 184 Å². The number of nitrogens with one attached hydrogen (secondary N) is 1. The molecule has 1 heterocycles. The van der Waals surface area contributed by atoms with Crippen LogP contribution < -0.4 is 5.32 Å². The molecule has 1 aliphatic heterocycles. The van der Waals surface area contributed by atoms with Crippen molar-refractivity contribution < 1.29 is 22.8 Å². The van der Waals surface area contributed by atoms with Crippen molar-refractivity contribution in [2.24, 2.45) is 4.99 Å². The summed E-state index contributed by atoms with van der Waals surface area (Å²) in [4.78, 5) is 32.4. The lowest BCUT2D eigenvalue weighted by Gasteiger charge is -2.38. The molecule has 2 aromatic carbocycles. The van der Waals surface area contributed by atoms with Crippen LogP contribution >= 0.6 is 0 Å². The molecule has 168 valence electrons. The van der Waals surface area contributed by atoms with Gasteiger partial charge in [0.05, 0.1) is 5.56 Å². The molecule has 0 radical (unpaired) electrons. The van der Waals surface area contributed by atoms with E-state index in [2.05, 4.69) is 5.32 Å². The average molecular weight is 443 g/mol. The molecule has 2 aromatic rings. The molecule has 32 heavy (non-hydrogen) atoms. The van der Waals surface area contributed by atoms with Crippen LogP contribution in [0.25, 0.3) is 0 Å². The number of aryl methyl sites for hydroxylation is 1. The highest BCUT2D eigenvalue weighted by molar-refractivity contribution is 6.47. The highest BCUT2D eigenvalue weighted by atomic mass is 19.4. The van der Waals surface area contributed by atoms with Crippen LogP contribution in [-0.2, 0) is 15.8 Å². The van der Waals surface area contributed by atoms with Gasteiger partial charge >= 0.3 is 6.18 Å². The minimum atomic E-state index is -4.51. The van der Waals surface area contributed by atoms with E-state index in [1.165, 1.54) is 17.0 Å². The van der Waals surface area contributed by atoms with Crippen LogP contribution in [-0.4, -0.2) is 34.6 Å². The van der Waals surface area contributed by atoms with Crippen molar-refractivity contribution in [2.75, 3.05) is 11.9 Å². The van der Waals surface area contributed by atoms with E-state index >= 15 is 0 Å². The largest absolute Gasteiger partial charge is 0.416 e. The maximum Gasteiger partial charge on any atom is 0.416 e. The Kier molecular flexibility index (Phi) is 5.79. The zero-order chi connectivity index (χ0) is 22.9. The molecule has 1 saturated carbocycles. The summed E-state index contributed by atoms with van der Waals surface area (Å²) in [5.74, 6) is -0.877. The molecule has 5 nitrogen and oxygen atoms in total. The van der Waals surface area contributed by atoms with E-state index in [4.69, 9.17) is 4.99 Å². The highest BCUT2D eigenvalue weighted by Crippen LogP contribution is 2.39. The molecule has 1 fully saturated rings. The number of alkyl halides is 3. The van der Waals surface area contributed by atoms with E-state index in [9.17, 15) is 22.8 Å². The minimum absolute atomic E-state index is 0.0360. The van der Waals surface area contributed by atoms with E-state index < -0.39 is 23.3 Å². The molecule has 0 bridgehead atoms. The molecule has 1 aliphatic carbocycles. The van der Waals surface area contributed by atoms with Gasteiger partial charge < -0.3 is 10.2 Å². The number of anilines is 1. The van der Waals surface area contributed by atoms with Gasteiger partial charge in [-0.1, -0.05) is 42.3 Å². The van der Waals surface area contributed by atoms with E-state index in [1.807, 2.05) is 31.2 Å². The van der Waals surface area contributed by atoms with Crippen LogP contribution in [0.15, 0.2) is 53.5 Å². The van der Waals surface area contributed by atoms with E-state index in [-0.39, 0.29) is 18.1 Å². The topological polar surface area (TPSA) is 61.8 Å². The molecule has 0 atom stereocenters. The zero-order valence-electron chi connectivity index (χ0n) is 17.7. The van der Waals surface area contributed by atoms with Crippen molar-refractivity contribution in [3.8, 4) is 0 Å². The summed E-state index contributed by atoms with van der Waals surface area (Å²) in [5, 5.41) is 2.50. The standard InChI is InChI=1S/C24H24F3N3O2/c1-16-8-10-17(11-9-16)21-22(32)30(23(29-21)12-3-2-4-13-23)15-20(31)28-19-7-5-6-18(14-19)24(25,26)27/h5-11,14H,2-4,12-13,15H2,1H3,(H,28,31). The molecule has 2 aliphatic rings. The first-order chi connectivity index (χ1) is 15.2. The normalized spacial score (nSPS) is 18.1. The molecule has 0 saturated heterocycles. The highest BCUT2D eigenvalue weighted by Gasteiger charge is 2.48. The van der Waals surface area contributed by atoms with Crippen LogP contribution in [0.3, 0.4) is 0 Å². The second-order valence-electron chi connectivity index (χ2n) is 8.39. The number of amides is 2. The minimum Gasteiger partial charge on any atom is -0.325 e. The molecule has 4 rings (SSSR count). The zero-order valence-corrected chi connectivity index (χ0v) is 17.7. The summed E-state index contributed by atoms with van der Waals surface area (Å²) >= 11 is 0. The van der Waals surface area contributed by atoms with Crippen LogP contribution in [0, 0.1) is 6.92 Å². The number of rotatable bonds is 4. The smallest absolute Gasteiger partial charge is 0.325 e. The number of aliphatic imine (C=N–C) groups is 1. The number of hydrogen-bond donors (Lipinski definition) is 1. The summed E-state index contributed by atoms with van der Waals surface area (Å²) in [6.07, 6.45) is -0.368. The van der Waals surface area contributed by atoms with Crippen LogP contribution in [0.1, 0.15) is 48.8 Å². The fourth-order valence-electron chi connectivity index (χ4n) is 4.37. The number of benzene rings is 2. The van der Waals surface area contributed by atoms with Gasteiger partial charge in [0.15, 0.2) is 0 Å². The Hall–Kier alpha value is -3.16. The molecule has 2 amide bonds. The van der Waals surface area contributed by atoms with Gasteiger partial charge in [-0.3, -0.25) is 14.6 Å². The lowest BCUT2D eigenvalue weighted by molar-refractivity contribution is -0.137. The second-order valence-corrected chi connectivity index (χ2v) is 8.39. The third kappa shape index (κ3) is 4.40. The van der Waals surface area contributed by atoms with Gasteiger partial charge in [0.2, 0.25) is 5.91 Å². The predicted octanol–water partition coefficient (Wildman–Crippen LogP) is 4.94. The van der Waals surface area contributed by atoms with Crippen molar-refractivity contribution in [2.45, 2.75) is 50.9 Å². The van der Waals surface area contributed by atoms with Crippen molar-refractivity contribution >= 4 is 23.2 Å². The maximum absolute atomic E-state index is 13.3. The monoisotopic (exact) mass is 443 g/mol. The Balaban J connectivity index is 1.56. The van der Waals surface area contributed by atoms with Crippen molar-refractivity contribution in [1.29, 1.82) is 0 Å². The molecule has 0 unspecified atom stereocenters. The summed E-state index contributed by atoms with van der Waals surface area (Å²) in [7, 11) is 0. The molecule has 8 heteroatoms. The SMILES string of the molecule is Cc1ccc(C2=NC3(CCCCC3)N(CC(=O)Nc3cccc(C(F)(F)F)c3)C2=O)cc1. The van der Waals surface area contributed by atoms with Gasteiger partial charge in [0.1, 0.15) is 17.9 Å². The van der Waals surface area contributed by atoms with Crippen molar-refractivity contribution in [3.63, 3.8) is 0 Å². The molecule has 1 N–H and O–H groups in total. The van der Waals surface area contributed by atoms with Gasteiger partial charge in [0.25, 0.3) is 5.91 Å². The van der Waals surface area contributed by atoms with Crippen LogP contribution in [0.5, 0.6) is 0 Å². The maximum atomic E-state index is 13.3. The van der Waals surface area contributed by atoms with E-state index in [1.54, 1.807) is 0 Å². The Morgan fingerprint density at radius 3 is 2.44 bits per heavy atom. The number of nitrogens with zero attached hydrogens (tertiary/aromatic N) is 2. The van der Waals surface area contributed by atoms with Crippen LogP contribution in [0.4, 0.5) is 18.9 Å². The Bertz CT molecular complexity index is 1050. The number of hydrogen-bond acceptors (Lipinski definition) is 3. The molecular formula is C24H24F3N3O2. The predicted molar refractivity (Wildman–Crippen MR) is 115 cm³/mol. The fourth-order valence-corrected chi connectivity index (χ4v) is 4.37. The third-order valence-corrected chi connectivity index (χ3v) is 6.02. The first kappa shape index (κ1) is 22.0. The average Bonchev–Trinajstić information content (AvgIpc) is 3.00. The molecule has 0 aromatic heterocycles. The lowest BCUT2D eigenvalue weighted by Crippen LogP contribution is -2.51. The fraction of sp³-hybridized carbons (Fsp3) is 0.375. The number of carbonyl (C=O) groups is 2. The van der Waals surface area contributed by atoms with Gasteiger partial charge in [-0.05, 0) is 50.8 Å².